The fourth-order valence-corrected chi connectivity index (χ4v) is 4.38. The molecule has 1 N–H and O–H groups in total. The summed E-state index contributed by atoms with van der Waals surface area (Å²) in [7, 11) is 0. The second-order valence-corrected chi connectivity index (χ2v) is 8.30. The Morgan fingerprint density at radius 1 is 1.10 bits per heavy atom. The average Bonchev–Trinajstić information content (AvgIpc) is 3.18. The summed E-state index contributed by atoms with van der Waals surface area (Å²) in [6, 6.07) is 13.6. The largest absolute Gasteiger partial charge is 0.421 e. The number of thioether (sulfide) groups is 1. The van der Waals surface area contributed by atoms with E-state index in [1.165, 1.54) is 4.90 Å². The number of carbonyl (C=O) groups is 3. The van der Waals surface area contributed by atoms with E-state index < -0.39 is 5.97 Å². The number of halogens is 1. The lowest BCUT2D eigenvalue weighted by Crippen LogP contribution is -2.31. The molecule has 0 spiro atoms. The van der Waals surface area contributed by atoms with E-state index in [0.29, 0.717) is 26.2 Å². The molecule has 0 unspecified atom stereocenters. The molecule has 2 heterocycles. The molecule has 0 aromatic heterocycles. The summed E-state index contributed by atoms with van der Waals surface area (Å²) in [5, 5.41) is 3.31. The predicted octanol–water partition coefficient (Wildman–Crippen LogP) is 4.07. The number of ether oxygens (including phenoxy) is 1. The van der Waals surface area contributed by atoms with Crippen LogP contribution in [0.2, 0.25) is 5.02 Å². The van der Waals surface area contributed by atoms with Crippen LogP contribution in [0.1, 0.15) is 22.3 Å². The second kappa shape index (κ2) is 7.98. The highest BCUT2D eigenvalue weighted by Crippen LogP contribution is 2.41. The number of esters is 1. The topological polar surface area (TPSA) is 75.7 Å². The zero-order valence-electron chi connectivity index (χ0n) is 14.8. The molecular formula is C20H13ClN2O4S2. The van der Waals surface area contributed by atoms with Gasteiger partial charge in [0.05, 0.1) is 5.56 Å². The molecular weight excluding hydrogens is 432 g/mol. The van der Waals surface area contributed by atoms with Gasteiger partial charge in [-0.05, 0) is 30.3 Å². The van der Waals surface area contributed by atoms with Crippen LogP contribution in [0, 0.1) is 0 Å². The highest BCUT2D eigenvalue weighted by Gasteiger charge is 2.39. The summed E-state index contributed by atoms with van der Waals surface area (Å²) in [6.07, 6.45) is 0.0635. The van der Waals surface area contributed by atoms with Crippen molar-refractivity contribution < 1.29 is 19.1 Å². The second-order valence-electron chi connectivity index (χ2n) is 6.22. The lowest BCUT2D eigenvalue weighted by Gasteiger charge is -2.14. The normalized spacial score (nSPS) is 18.1. The molecule has 2 aliphatic rings. The third-order valence-electron chi connectivity index (χ3n) is 4.33. The minimum absolute atomic E-state index is 0.0635. The van der Waals surface area contributed by atoms with Gasteiger partial charge < -0.3 is 10.1 Å². The molecule has 0 saturated carbocycles. The number of nitrogens with one attached hydrogen (secondary N) is 1. The van der Waals surface area contributed by atoms with Crippen LogP contribution in [-0.2, 0) is 14.3 Å². The van der Waals surface area contributed by atoms with Gasteiger partial charge in [-0.25, -0.2) is 4.79 Å². The maximum absolute atomic E-state index is 12.8. The van der Waals surface area contributed by atoms with Crippen molar-refractivity contribution in [1.82, 2.24) is 4.90 Å². The predicted molar refractivity (Wildman–Crippen MR) is 115 cm³/mol. The van der Waals surface area contributed by atoms with Gasteiger partial charge in [-0.2, -0.15) is 0 Å². The van der Waals surface area contributed by atoms with Crippen LogP contribution < -0.4 is 5.32 Å². The molecule has 2 amide bonds. The van der Waals surface area contributed by atoms with E-state index in [-0.39, 0.29) is 35.4 Å². The Morgan fingerprint density at radius 3 is 2.52 bits per heavy atom. The minimum atomic E-state index is -0.497. The first-order valence-corrected chi connectivity index (χ1v) is 10.2. The third-order valence-corrected chi connectivity index (χ3v) is 6.01. The monoisotopic (exact) mass is 444 g/mol. The molecule has 6 nitrogen and oxygen atoms in total. The van der Waals surface area contributed by atoms with Crippen molar-refractivity contribution in [2.24, 2.45) is 0 Å². The van der Waals surface area contributed by atoms with E-state index in [4.69, 9.17) is 28.6 Å². The first-order chi connectivity index (χ1) is 13.9. The summed E-state index contributed by atoms with van der Waals surface area (Å²) in [5.74, 6) is -0.912. The summed E-state index contributed by atoms with van der Waals surface area (Å²) < 4.78 is 5.64. The van der Waals surface area contributed by atoms with E-state index in [9.17, 15) is 14.4 Å². The number of benzene rings is 2. The molecule has 0 bridgehead atoms. The van der Waals surface area contributed by atoms with Crippen LogP contribution in [0.3, 0.4) is 0 Å². The number of amides is 2. The van der Waals surface area contributed by atoms with Crippen molar-refractivity contribution in [1.29, 1.82) is 0 Å². The number of cyclic esters (lactones) is 1. The Labute approximate surface area is 180 Å². The quantitative estimate of drug-likeness (QED) is 0.435. The Hall–Kier alpha value is -2.68. The summed E-state index contributed by atoms with van der Waals surface area (Å²) in [6.45, 7) is 0.121. The minimum Gasteiger partial charge on any atom is -0.421 e. The molecule has 1 fully saturated rings. The third kappa shape index (κ3) is 3.91. The first kappa shape index (κ1) is 19.6. The molecule has 146 valence electrons. The molecule has 29 heavy (non-hydrogen) atoms. The Kier molecular flexibility index (Phi) is 5.40. The van der Waals surface area contributed by atoms with Crippen molar-refractivity contribution in [3.63, 3.8) is 0 Å². The standard InChI is InChI=1S/C20H13ClN2O4S2/c21-11-5-7-12(8-6-11)22-15(24)9-10-23-18(25)17(29-20(23)28)16-13-3-1-2-4-14(13)19(26)27-16/h1-8H,9-10H2,(H,22,24). The van der Waals surface area contributed by atoms with Crippen molar-refractivity contribution in [3.05, 3.63) is 69.6 Å². The van der Waals surface area contributed by atoms with E-state index in [0.717, 1.165) is 11.8 Å². The maximum atomic E-state index is 12.8. The highest BCUT2D eigenvalue weighted by atomic mass is 35.5. The fourth-order valence-electron chi connectivity index (χ4n) is 2.93. The van der Waals surface area contributed by atoms with Gasteiger partial charge in [0, 0.05) is 29.2 Å². The van der Waals surface area contributed by atoms with Crippen LogP contribution in [-0.4, -0.2) is 33.5 Å². The molecule has 0 aliphatic carbocycles. The van der Waals surface area contributed by atoms with Gasteiger partial charge in [0.2, 0.25) is 5.91 Å². The SMILES string of the molecule is O=C(CCN1C(=O)C(=C2OC(=O)c3ccccc32)SC1=S)Nc1ccc(Cl)cc1. The lowest BCUT2D eigenvalue weighted by atomic mass is 10.1. The fraction of sp³-hybridized carbons (Fsp3) is 0.100. The van der Waals surface area contributed by atoms with Gasteiger partial charge in [-0.15, -0.1) is 0 Å². The zero-order chi connectivity index (χ0) is 20.5. The van der Waals surface area contributed by atoms with Crippen molar-refractivity contribution in [3.8, 4) is 0 Å². The van der Waals surface area contributed by atoms with Crippen molar-refractivity contribution >= 4 is 69.1 Å². The smallest absolute Gasteiger partial charge is 0.344 e. The molecule has 0 radical (unpaired) electrons. The number of thiocarbonyl (C=S) groups is 1. The molecule has 2 aromatic carbocycles. The molecule has 1 saturated heterocycles. The molecule has 0 atom stereocenters. The van der Waals surface area contributed by atoms with Crippen LogP contribution in [0.25, 0.3) is 5.76 Å². The van der Waals surface area contributed by atoms with Gasteiger partial charge in [-0.3, -0.25) is 14.5 Å². The van der Waals surface area contributed by atoms with Crippen molar-refractivity contribution in [2.75, 3.05) is 11.9 Å². The van der Waals surface area contributed by atoms with Gasteiger partial charge >= 0.3 is 5.97 Å². The van der Waals surface area contributed by atoms with Gasteiger partial charge in [0.15, 0.2) is 5.76 Å². The van der Waals surface area contributed by atoms with E-state index in [1.54, 1.807) is 48.5 Å². The average molecular weight is 445 g/mol. The zero-order valence-corrected chi connectivity index (χ0v) is 17.2. The number of nitrogens with zero attached hydrogens (tertiary/aromatic N) is 1. The van der Waals surface area contributed by atoms with Gasteiger partial charge in [0.1, 0.15) is 9.23 Å². The number of rotatable bonds is 4. The van der Waals surface area contributed by atoms with Gasteiger partial charge in [-0.1, -0.05) is 53.8 Å². The Morgan fingerprint density at radius 2 is 1.79 bits per heavy atom. The number of hydrogen-bond acceptors (Lipinski definition) is 6. The highest BCUT2D eigenvalue weighted by molar-refractivity contribution is 8.26. The molecule has 4 rings (SSSR count). The van der Waals surface area contributed by atoms with E-state index >= 15 is 0 Å². The number of hydrogen-bond donors (Lipinski definition) is 1. The van der Waals surface area contributed by atoms with Crippen LogP contribution in [0.5, 0.6) is 0 Å². The summed E-state index contributed by atoms with van der Waals surface area (Å²) in [5.41, 5.74) is 1.59. The van der Waals surface area contributed by atoms with Crippen LogP contribution >= 0.6 is 35.6 Å². The molecule has 2 aliphatic heterocycles. The van der Waals surface area contributed by atoms with Gasteiger partial charge in [0.25, 0.3) is 5.91 Å². The van der Waals surface area contributed by atoms with E-state index in [2.05, 4.69) is 5.32 Å². The van der Waals surface area contributed by atoms with Crippen LogP contribution in [0.4, 0.5) is 5.69 Å². The Bertz CT molecular complexity index is 1080. The number of anilines is 1. The first-order valence-electron chi connectivity index (χ1n) is 8.59. The van der Waals surface area contributed by atoms with Crippen molar-refractivity contribution in [2.45, 2.75) is 6.42 Å². The number of fused-ring (bicyclic) bond motifs is 1. The summed E-state index contributed by atoms with van der Waals surface area (Å²) in [4.78, 5) is 38.7. The molecule has 2 aromatic rings. The summed E-state index contributed by atoms with van der Waals surface area (Å²) >= 11 is 12.2. The van der Waals surface area contributed by atoms with Crippen LogP contribution in [0.15, 0.2) is 53.4 Å². The van der Waals surface area contributed by atoms with E-state index in [1.807, 2.05) is 0 Å². The Balaban J connectivity index is 1.46. The number of carbonyl (C=O) groups excluding carboxylic acids is 3. The maximum Gasteiger partial charge on any atom is 0.344 e. The lowest BCUT2D eigenvalue weighted by molar-refractivity contribution is -0.122. The molecule has 9 heteroatoms.